The Balaban J connectivity index is 3.62. The lowest BCUT2D eigenvalue weighted by Crippen LogP contribution is -2.20. The minimum atomic E-state index is -5.15. The Morgan fingerprint density at radius 3 is 1.95 bits per heavy atom. The van der Waals surface area contributed by atoms with Crippen LogP contribution in [-0.2, 0) is 12.4 Å². The molecule has 0 aliphatic rings. The van der Waals surface area contributed by atoms with Gasteiger partial charge in [-0.3, -0.25) is 0 Å². The Bertz CT molecular complexity index is 487. The van der Waals surface area contributed by atoms with Gasteiger partial charge in [0, 0.05) is 5.56 Å². The van der Waals surface area contributed by atoms with Crippen LogP contribution < -0.4 is 5.73 Å². The molecule has 1 aromatic carbocycles. The molecule has 0 aliphatic carbocycles. The maximum atomic E-state index is 13.5. The van der Waals surface area contributed by atoms with E-state index in [0.29, 0.717) is 0 Å². The summed E-state index contributed by atoms with van der Waals surface area (Å²) < 4.78 is 88.6. The highest BCUT2D eigenvalue weighted by Gasteiger charge is 2.40. The van der Waals surface area contributed by atoms with E-state index in [9.17, 15) is 30.7 Å². The molecular formula is C11H8F7N. The summed E-state index contributed by atoms with van der Waals surface area (Å²) in [5.41, 5.74) is 0.671. The number of halogens is 7. The van der Waals surface area contributed by atoms with Gasteiger partial charge in [-0.1, -0.05) is 6.08 Å². The van der Waals surface area contributed by atoms with Gasteiger partial charge in [-0.15, -0.1) is 6.58 Å². The summed E-state index contributed by atoms with van der Waals surface area (Å²) in [4.78, 5) is 0. The van der Waals surface area contributed by atoms with Crippen molar-refractivity contribution in [1.29, 1.82) is 0 Å². The maximum absolute atomic E-state index is 13.5. The molecule has 0 saturated heterocycles. The quantitative estimate of drug-likeness (QED) is 0.644. The topological polar surface area (TPSA) is 26.0 Å². The Hall–Kier alpha value is -1.57. The predicted molar refractivity (Wildman–Crippen MR) is 53.5 cm³/mol. The molecule has 1 aromatic rings. The Morgan fingerprint density at radius 1 is 1.05 bits per heavy atom. The lowest BCUT2D eigenvalue weighted by Gasteiger charge is -2.19. The fraction of sp³-hybridized carbons (Fsp3) is 0.273. The molecule has 1 rings (SSSR count). The number of rotatable bonds is 2. The highest BCUT2D eigenvalue weighted by atomic mass is 19.4. The standard InChI is InChI=1S/C11H8F7N/c1-2-8(19)9-6(11(16,17)18)3-5(4-7(9)12)10(13,14)15/h2-4,8H,1,19H2/t8-/m0/s1. The third-order valence-corrected chi connectivity index (χ3v) is 2.35. The lowest BCUT2D eigenvalue weighted by molar-refractivity contribution is -0.143. The van der Waals surface area contributed by atoms with Crippen molar-refractivity contribution in [1.82, 2.24) is 0 Å². The van der Waals surface area contributed by atoms with E-state index in [0.717, 1.165) is 6.08 Å². The first-order chi connectivity index (χ1) is 8.48. The van der Waals surface area contributed by atoms with Crippen LogP contribution in [0.25, 0.3) is 0 Å². The largest absolute Gasteiger partial charge is 0.416 e. The van der Waals surface area contributed by atoms with Gasteiger partial charge in [0.25, 0.3) is 0 Å². The normalized spacial score (nSPS) is 14.3. The monoisotopic (exact) mass is 287 g/mol. The molecule has 0 fully saturated rings. The van der Waals surface area contributed by atoms with Crippen molar-refractivity contribution < 1.29 is 30.7 Å². The summed E-state index contributed by atoms with van der Waals surface area (Å²) in [6.07, 6.45) is -9.43. The molecule has 0 aromatic heterocycles. The van der Waals surface area contributed by atoms with Crippen LogP contribution in [0.5, 0.6) is 0 Å². The van der Waals surface area contributed by atoms with E-state index in [1.807, 2.05) is 0 Å². The molecule has 0 saturated carbocycles. The summed E-state index contributed by atoms with van der Waals surface area (Å²) in [5.74, 6) is -1.67. The SMILES string of the molecule is C=C[C@H](N)c1c(F)cc(C(F)(F)F)cc1C(F)(F)F. The number of hydrogen-bond donors (Lipinski definition) is 1. The van der Waals surface area contributed by atoms with Crippen LogP contribution in [0.3, 0.4) is 0 Å². The maximum Gasteiger partial charge on any atom is 0.416 e. The Labute approximate surface area is 103 Å². The molecule has 0 unspecified atom stereocenters. The molecular weight excluding hydrogens is 279 g/mol. The van der Waals surface area contributed by atoms with Crippen molar-refractivity contribution in [2.24, 2.45) is 5.73 Å². The van der Waals surface area contributed by atoms with Crippen LogP contribution in [0, 0.1) is 5.82 Å². The fourth-order valence-electron chi connectivity index (χ4n) is 1.47. The molecule has 106 valence electrons. The molecule has 0 spiro atoms. The first-order valence-corrected chi connectivity index (χ1v) is 4.84. The van der Waals surface area contributed by atoms with Crippen LogP contribution in [-0.4, -0.2) is 0 Å². The average Bonchev–Trinajstić information content (AvgIpc) is 2.24. The number of hydrogen-bond acceptors (Lipinski definition) is 1. The van der Waals surface area contributed by atoms with Crippen molar-refractivity contribution in [2.75, 3.05) is 0 Å². The zero-order chi connectivity index (χ0) is 15.0. The summed E-state index contributed by atoms with van der Waals surface area (Å²) in [6.45, 7) is 3.09. The lowest BCUT2D eigenvalue weighted by atomic mass is 9.97. The van der Waals surface area contributed by atoms with Gasteiger partial charge in [-0.25, -0.2) is 4.39 Å². The summed E-state index contributed by atoms with van der Waals surface area (Å²) in [6, 6.07) is -1.74. The highest BCUT2D eigenvalue weighted by molar-refractivity contribution is 5.40. The van der Waals surface area contributed by atoms with Gasteiger partial charge in [0.15, 0.2) is 0 Å². The van der Waals surface area contributed by atoms with E-state index in [1.54, 1.807) is 0 Å². The van der Waals surface area contributed by atoms with Gasteiger partial charge in [-0.2, -0.15) is 26.3 Å². The fourth-order valence-corrected chi connectivity index (χ4v) is 1.47. The molecule has 19 heavy (non-hydrogen) atoms. The van der Waals surface area contributed by atoms with Gasteiger partial charge in [0.1, 0.15) is 5.82 Å². The molecule has 1 nitrogen and oxygen atoms in total. The van der Waals surface area contributed by atoms with E-state index >= 15 is 0 Å². The Kier molecular flexibility index (Phi) is 3.94. The number of nitrogens with two attached hydrogens (primary N) is 1. The molecule has 0 amide bonds. The third-order valence-electron chi connectivity index (χ3n) is 2.35. The second-order valence-corrected chi connectivity index (χ2v) is 3.68. The zero-order valence-corrected chi connectivity index (χ0v) is 9.24. The molecule has 8 heteroatoms. The summed E-state index contributed by atoms with van der Waals surface area (Å²) in [5, 5.41) is 0. The van der Waals surface area contributed by atoms with Gasteiger partial charge in [0.05, 0.1) is 17.2 Å². The van der Waals surface area contributed by atoms with E-state index in [-0.39, 0.29) is 12.1 Å². The van der Waals surface area contributed by atoms with E-state index in [1.165, 1.54) is 0 Å². The molecule has 0 aliphatic heterocycles. The summed E-state index contributed by atoms with van der Waals surface area (Å²) >= 11 is 0. The van der Waals surface area contributed by atoms with Gasteiger partial charge < -0.3 is 5.73 Å². The minimum absolute atomic E-state index is 0.0199. The van der Waals surface area contributed by atoms with Crippen molar-refractivity contribution in [3.8, 4) is 0 Å². The van der Waals surface area contributed by atoms with E-state index in [2.05, 4.69) is 6.58 Å². The zero-order valence-electron chi connectivity index (χ0n) is 9.24. The second-order valence-electron chi connectivity index (χ2n) is 3.68. The van der Waals surface area contributed by atoms with Crippen LogP contribution in [0.1, 0.15) is 22.7 Å². The van der Waals surface area contributed by atoms with Gasteiger partial charge in [-0.05, 0) is 12.1 Å². The predicted octanol–water partition coefficient (Wildman–Crippen LogP) is 4.05. The second kappa shape index (κ2) is 4.84. The molecule has 2 N–H and O–H groups in total. The van der Waals surface area contributed by atoms with Crippen LogP contribution in [0.2, 0.25) is 0 Å². The van der Waals surface area contributed by atoms with Crippen molar-refractivity contribution >= 4 is 0 Å². The first-order valence-electron chi connectivity index (χ1n) is 4.84. The third kappa shape index (κ3) is 3.25. The van der Waals surface area contributed by atoms with Crippen LogP contribution in [0.4, 0.5) is 30.7 Å². The smallest absolute Gasteiger partial charge is 0.321 e. The van der Waals surface area contributed by atoms with Crippen molar-refractivity contribution in [2.45, 2.75) is 18.4 Å². The van der Waals surface area contributed by atoms with E-state index < -0.39 is 40.9 Å². The van der Waals surface area contributed by atoms with Crippen LogP contribution >= 0.6 is 0 Å². The average molecular weight is 287 g/mol. The van der Waals surface area contributed by atoms with Crippen LogP contribution in [0.15, 0.2) is 24.8 Å². The Morgan fingerprint density at radius 2 is 1.58 bits per heavy atom. The number of benzene rings is 1. The molecule has 0 radical (unpaired) electrons. The molecule has 0 bridgehead atoms. The highest BCUT2D eigenvalue weighted by Crippen LogP contribution is 2.40. The number of alkyl halides is 6. The minimum Gasteiger partial charge on any atom is -0.321 e. The van der Waals surface area contributed by atoms with Crippen molar-refractivity contribution in [3.05, 3.63) is 47.3 Å². The van der Waals surface area contributed by atoms with Crippen molar-refractivity contribution in [3.63, 3.8) is 0 Å². The van der Waals surface area contributed by atoms with Gasteiger partial charge >= 0.3 is 12.4 Å². The van der Waals surface area contributed by atoms with Gasteiger partial charge in [0.2, 0.25) is 0 Å². The molecule has 1 atom stereocenters. The van der Waals surface area contributed by atoms with E-state index in [4.69, 9.17) is 5.73 Å². The summed E-state index contributed by atoms with van der Waals surface area (Å²) in [7, 11) is 0. The molecule has 0 heterocycles. The first kappa shape index (κ1) is 15.5.